The van der Waals surface area contributed by atoms with Gasteiger partial charge in [-0.15, -0.1) is 0 Å². The number of hydrogen-bond donors (Lipinski definition) is 1. The van der Waals surface area contributed by atoms with Crippen molar-refractivity contribution in [2.45, 2.75) is 56.4 Å². The maximum Gasteiger partial charge on any atom is 0.303 e. The fourth-order valence-corrected chi connectivity index (χ4v) is 6.45. The van der Waals surface area contributed by atoms with Crippen LogP contribution in [0, 0.1) is 5.82 Å². The van der Waals surface area contributed by atoms with E-state index < -0.39 is 5.97 Å². The number of aliphatic carboxylic acids is 1. The number of hydrogen-bond acceptors (Lipinski definition) is 4. The highest BCUT2D eigenvalue weighted by molar-refractivity contribution is 5.80. The van der Waals surface area contributed by atoms with Crippen LogP contribution in [0.5, 0.6) is 0 Å². The van der Waals surface area contributed by atoms with Crippen molar-refractivity contribution < 1.29 is 14.3 Å². The van der Waals surface area contributed by atoms with Gasteiger partial charge in [0.25, 0.3) is 0 Å². The van der Waals surface area contributed by atoms with E-state index >= 15 is 0 Å². The third-order valence-corrected chi connectivity index (χ3v) is 8.19. The lowest BCUT2D eigenvalue weighted by Crippen LogP contribution is -2.49. The zero-order valence-corrected chi connectivity index (χ0v) is 20.1. The van der Waals surface area contributed by atoms with Crippen LogP contribution in [0.3, 0.4) is 0 Å². The van der Waals surface area contributed by atoms with E-state index in [1.807, 2.05) is 12.1 Å². The van der Waals surface area contributed by atoms with Gasteiger partial charge in [-0.3, -0.25) is 4.79 Å². The van der Waals surface area contributed by atoms with E-state index in [9.17, 15) is 9.18 Å². The number of carboxylic acid groups (broad SMARTS) is 1. The SMILES string of the molecule is CN1CCN2c3c(cccc31)[C@@H]1CN(CCCC(CCCC(=O)O)c3ccc(F)cc3)CC[C@@H]12. The number of fused-ring (bicyclic) bond motifs is 3. The molecule has 3 aliphatic heterocycles. The Morgan fingerprint density at radius 1 is 1.09 bits per heavy atom. The highest BCUT2D eigenvalue weighted by Crippen LogP contribution is 2.50. The number of para-hydroxylation sites is 1. The topological polar surface area (TPSA) is 47.0 Å². The van der Waals surface area contributed by atoms with E-state index in [0.717, 1.165) is 57.5 Å². The van der Waals surface area contributed by atoms with Gasteiger partial charge in [-0.05, 0) is 73.9 Å². The minimum atomic E-state index is -0.745. The largest absolute Gasteiger partial charge is 0.481 e. The van der Waals surface area contributed by atoms with Crippen molar-refractivity contribution >= 4 is 17.3 Å². The highest BCUT2D eigenvalue weighted by Gasteiger charge is 2.44. The van der Waals surface area contributed by atoms with Crippen LogP contribution in [0.1, 0.15) is 61.5 Å². The average Bonchev–Trinajstić information content (AvgIpc) is 3.15. The number of piperidine rings is 1. The minimum absolute atomic E-state index is 0.194. The normalized spacial score (nSPS) is 22.4. The number of halogens is 1. The summed E-state index contributed by atoms with van der Waals surface area (Å²) >= 11 is 0. The Bertz CT molecular complexity index is 1010. The highest BCUT2D eigenvalue weighted by atomic mass is 19.1. The smallest absolute Gasteiger partial charge is 0.303 e. The Kier molecular flexibility index (Phi) is 6.77. The van der Waals surface area contributed by atoms with E-state index in [1.165, 1.54) is 35.5 Å². The summed E-state index contributed by atoms with van der Waals surface area (Å²) in [5, 5.41) is 9.03. The van der Waals surface area contributed by atoms with E-state index in [0.29, 0.717) is 18.4 Å². The number of rotatable bonds is 9. The van der Waals surface area contributed by atoms with E-state index in [-0.39, 0.29) is 18.2 Å². The summed E-state index contributed by atoms with van der Waals surface area (Å²) < 4.78 is 13.4. The molecule has 0 bridgehead atoms. The molecule has 0 saturated carbocycles. The molecule has 1 saturated heterocycles. The summed E-state index contributed by atoms with van der Waals surface area (Å²) in [4.78, 5) is 18.7. The van der Waals surface area contributed by atoms with Crippen molar-refractivity contribution in [3.63, 3.8) is 0 Å². The fourth-order valence-electron chi connectivity index (χ4n) is 6.45. The van der Waals surface area contributed by atoms with Crippen LogP contribution in [0.4, 0.5) is 15.8 Å². The third kappa shape index (κ3) is 4.65. The van der Waals surface area contributed by atoms with Crippen molar-refractivity contribution in [2.75, 3.05) is 49.6 Å². The Morgan fingerprint density at radius 3 is 2.68 bits per heavy atom. The van der Waals surface area contributed by atoms with Crippen LogP contribution in [0.25, 0.3) is 0 Å². The van der Waals surface area contributed by atoms with Gasteiger partial charge in [-0.25, -0.2) is 4.39 Å². The monoisotopic (exact) mass is 465 g/mol. The first kappa shape index (κ1) is 23.2. The van der Waals surface area contributed by atoms with Gasteiger partial charge in [0.05, 0.1) is 11.4 Å². The molecule has 1 fully saturated rings. The van der Waals surface area contributed by atoms with Crippen molar-refractivity contribution in [1.82, 2.24) is 4.90 Å². The molecular weight excluding hydrogens is 429 g/mol. The molecule has 0 aromatic heterocycles. The molecule has 0 spiro atoms. The number of nitrogens with zero attached hydrogens (tertiary/aromatic N) is 3. The second-order valence-electron chi connectivity index (χ2n) is 10.3. The molecule has 0 amide bonds. The molecule has 1 unspecified atom stereocenters. The van der Waals surface area contributed by atoms with E-state index in [4.69, 9.17) is 5.11 Å². The van der Waals surface area contributed by atoms with Gasteiger partial charge in [0.2, 0.25) is 0 Å². The predicted molar refractivity (Wildman–Crippen MR) is 135 cm³/mol. The summed E-state index contributed by atoms with van der Waals surface area (Å²) in [5.41, 5.74) is 5.51. The van der Waals surface area contributed by atoms with Crippen molar-refractivity contribution in [2.24, 2.45) is 0 Å². The van der Waals surface area contributed by atoms with Crippen LogP contribution in [0.15, 0.2) is 42.5 Å². The first-order valence-corrected chi connectivity index (χ1v) is 12.8. The third-order valence-electron chi connectivity index (χ3n) is 8.19. The molecule has 3 aliphatic rings. The van der Waals surface area contributed by atoms with Gasteiger partial charge in [0.1, 0.15) is 5.82 Å². The average molecular weight is 466 g/mol. The lowest BCUT2D eigenvalue weighted by atomic mass is 9.87. The molecule has 182 valence electrons. The van der Waals surface area contributed by atoms with Gasteiger partial charge < -0.3 is 19.8 Å². The standard InChI is InChI=1S/C28H36FN3O2/c1-30-17-18-32-25-14-16-31(19-24(25)23-7-3-8-26(30)28(23)32)15-4-6-20(5-2-9-27(33)34)21-10-12-22(29)13-11-21/h3,7-8,10-13,20,24-25H,2,4-6,9,14-19H2,1H3,(H,33,34)/t20?,24-,25-/m0/s1. The predicted octanol–water partition coefficient (Wildman–Crippen LogP) is 5.07. The molecule has 2 aromatic rings. The molecule has 0 radical (unpaired) electrons. The van der Waals surface area contributed by atoms with Crippen LogP contribution in [0.2, 0.25) is 0 Å². The Labute approximate surface area is 202 Å². The maximum absolute atomic E-state index is 13.4. The van der Waals surface area contributed by atoms with E-state index in [1.54, 1.807) is 0 Å². The summed E-state index contributed by atoms with van der Waals surface area (Å²) in [6.45, 7) is 5.53. The zero-order valence-electron chi connectivity index (χ0n) is 20.1. The molecular formula is C28H36FN3O2. The Morgan fingerprint density at radius 2 is 1.88 bits per heavy atom. The summed E-state index contributed by atoms with van der Waals surface area (Å²) in [7, 11) is 2.20. The quantitative estimate of drug-likeness (QED) is 0.560. The van der Waals surface area contributed by atoms with Crippen molar-refractivity contribution in [1.29, 1.82) is 0 Å². The van der Waals surface area contributed by atoms with Gasteiger partial charge in [0, 0.05) is 51.6 Å². The number of carboxylic acids is 1. The Hall–Kier alpha value is -2.60. The first-order valence-electron chi connectivity index (χ1n) is 12.8. The van der Waals surface area contributed by atoms with Gasteiger partial charge in [-0.1, -0.05) is 24.3 Å². The molecule has 34 heavy (non-hydrogen) atoms. The molecule has 3 heterocycles. The lowest BCUT2D eigenvalue weighted by Gasteiger charge is -2.41. The number of likely N-dealkylation sites (tertiary alicyclic amines) is 1. The molecule has 0 aliphatic carbocycles. The van der Waals surface area contributed by atoms with Crippen LogP contribution >= 0.6 is 0 Å². The second-order valence-corrected chi connectivity index (χ2v) is 10.3. The number of anilines is 2. The molecule has 5 nitrogen and oxygen atoms in total. The Balaban J connectivity index is 1.20. The number of likely N-dealkylation sites (N-methyl/N-ethyl adjacent to an activating group) is 1. The minimum Gasteiger partial charge on any atom is -0.481 e. The molecule has 3 atom stereocenters. The van der Waals surface area contributed by atoms with E-state index in [2.05, 4.69) is 39.9 Å². The van der Waals surface area contributed by atoms with Crippen LogP contribution in [-0.2, 0) is 4.79 Å². The summed E-state index contributed by atoms with van der Waals surface area (Å²) in [6, 6.07) is 14.2. The first-order chi connectivity index (χ1) is 16.5. The molecule has 2 aromatic carbocycles. The van der Waals surface area contributed by atoms with Gasteiger partial charge in [0.15, 0.2) is 0 Å². The van der Waals surface area contributed by atoms with Crippen molar-refractivity contribution in [3.05, 3.63) is 59.4 Å². The summed E-state index contributed by atoms with van der Waals surface area (Å²) in [6.07, 6.45) is 4.98. The maximum atomic E-state index is 13.4. The second kappa shape index (κ2) is 9.95. The van der Waals surface area contributed by atoms with Crippen molar-refractivity contribution in [3.8, 4) is 0 Å². The molecule has 5 rings (SSSR count). The number of benzene rings is 2. The van der Waals surface area contributed by atoms with Crippen LogP contribution in [-0.4, -0.2) is 61.8 Å². The fraction of sp³-hybridized carbons (Fsp3) is 0.536. The van der Waals surface area contributed by atoms with Crippen LogP contribution < -0.4 is 9.80 Å². The lowest BCUT2D eigenvalue weighted by molar-refractivity contribution is -0.137. The van der Waals surface area contributed by atoms with Gasteiger partial charge in [-0.2, -0.15) is 0 Å². The van der Waals surface area contributed by atoms with Gasteiger partial charge >= 0.3 is 5.97 Å². The zero-order chi connectivity index (χ0) is 23.7. The number of carbonyl (C=O) groups is 1. The molecule has 6 heteroatoms. The summed E-state index contributed by atoms with van der Waals surface area (Å²) in [5.74, 6) is -0.101. The molecule has 1 N–H and O–H groups in total.